The van der Waals surface area contributed by atoms with Gasteiger partial charge in [-0.25, -0.2) is 0 Å². The third kappa shape index (κ3) is 7.14. The van der Waals surface area contributed by atoms with Crippen molar-refractivity contribution in [2.45, 2.75) is 46.2 Å². The van der Waals surface area contributed by atoms with Crippen LogP contribution in [0.15, 0.2) is 24.3 Å². The maximum atomic E-state index is 11.7. The molecule has 0 spiro atoms. The summed E-state index contributed by atoms with van der Waals surface area (Å²) in [5, 5.41) is 6.21. The second-order valence-electron chi connectivity index (χ2n) is 5.91. The number of benzene rings is 1. The van der Waals surface area contributed by atoms with Gasteiger partial charge in [-0.05, 0) is 51.4 Å². The summed E-state index contributed by atoms with van der Waals surface area (Å²) in [5.74, 6) is 0.622. The Morgan fingerprint density at radius 1 is 1.30 bits per heavy atom. The van der Waals surface area contributed by atoms with Crippen molar-refractivity contribution in [3.05, 3.63) is 29.8 Å². The van der Waals surface area contributed by atoms with Crippen molar-refractivity contribution in [1.82, 2.24) is 10.6 Å². The summed E-state index contributed by atoms with van der Waals surface area (Å²) in [5.41, 5.74) is 0.930. The van der Waals surface area contributed by atoms with Gasteiger partial charge in [-0.1, -0.05) is 19.1 Å². The zero-order valence-electron chi connectivity index (χ0n) is 13.0. The van der Waals surface area contributed by atoms with Crippen LogP contribution in [0.25, 0.3) is 0 Å². The highest BCUT2D eigenvalue weighted by molar-refractivity contribution is 5.78. The molecule has 0 unspecified atom stereocenters. The summed E-state index contributed by atoms with van der Waals surface area (Å²) < 4.78 is 5.52. The molecule has 0 aliphatic rings. The van der Waals surface area contributed by atoms with E-state index in [-0.39, 0.29) is 18.1 Å². The van der Waals surface area contributed by atoms with E-state index in [2.05, 4.69) is 17.6 Å². The number of hydrogen-bond acceptors (Lipinski definition) is 3. The van der Waals surface area contributed by atoms with Crippen molar-refractivity contribution < 1.29 is 9.53 Å². The second kappa shape index (κ2) is 7.90. The number of carbonyl (C=O) groups is 1. The van der Waals surface area contributed by atoms with E-state index in [1.807, 2.05) is 45.0 Å². The summed E-state index contributed by atoms with van der Waals surface area (Å²) in [4.78, 5) is 11.7. The number of nitrogens with one attached hydrogen (secondary N) is 2. The lowest BCUT2D eigenvalue weighted by molar-refractivity contribution is -0.124. The molecule has 1 aromatic rings. The minimum absolute atomic E-state index is 0.0448. The molecule has 0 aliphatic heterocycles. The van der Waals surface area contributed by atoms with Gasteiger partial charge in [-0.2, -0.15) is 0 Å². The van der Waals surface area contributed by atoms with Gasteiger partial charge in [0.05, 0.1) is 0 Å². The van der Waals surface area contributed by atoms with Crippen molar-refractivity contribution in [1.29, 1.82) is 0 Å². The van der Waals surface area contributed by atoms with Crippen LogP contribution in [-0.4, -0.2) is 24.6 Å². The monoisotopic (exact) mass is 278 g/mol. The van der Waals surface area contributed by atoms with Crippen LogP contribution >= 0.6 is 0 Å². The fourth-order valence-corrected chi connectivity index (χ4v) is 1.76. The number of hydrogen-bond donors (Lipinski definition) is 2. The number of rotatable bonds is 7. The van der Waals surface area contributed by atoms with Crippen LogP contribution in [0.4, 0.5) is 0 Å². The number of amides is 1. The molecular weight excluding hydrogens is 252 g/mol. The summed E-state index contributed by atoms with van der Waals surface area (Å²) in [6.07, 6.45) is 1.11. The van der Waals surface area contributed by atoms with Crippen LogP contribution in [-0.2, 0) is 11.3 Å². The Morgan fingerprint density at radius 2 is 2.05 bits per heavy atom. The summed E-state index contributed by atoms with van der Waals surface area (Å²) in [6, 6.07) is 7.82. The van der Waals surface area contributed by atoms with Crippen LogP contribution in [0.1, 0.15) is 39.7 Å². The molecule has 1 amide bonds. The highest BCUT2D eigenvalue weighted by Crippen LogP contribution is 2.13. The summed E-state index contributed by atoms with van der Waals surface area (Å²) in [7, 11) is 0. The zero-order valence-corrected chi connectivity index (χ0v) is 13.0. The maximum Gasteiger partial charge on any atom is 0.258 e. The van der Waals surface area contributed by atoms with E-state index in [9.17, 15) is 4.79 Å². The van der Waals surface area contributed by atoms with Crippen molar-refractivity contribution in [2.24, 2.45) is 0 Å². The van der Waals surface area contributed by atoms with E-state index in [1.165, 1.54) is 0 Å². The van der Waals surface area contributed by atoms with E-state index in [1.54, 1.807) is 0 Å². The standard InChI is InChI=1S/C16H26N2O2/c1-5-9-17-11-13-7-6-8-14(10-13)20-12-15(19)18-16(2,3)4/h6-8,10,17H,5,9,11-12H2,1-4H3,(H,18,19). The van der Waals surface area contributed by atoms with Gasteiger partial charge in [0.25, 0.3) is 5.91 Å². The molecule has 0 saturated heterocycles. The first-order valence-electron chi connectivity index (χ1n) is 7.14. The van der Waals surface area contributed by atoms with E-state index in [0.717, 1.165) is 30.8 Å². The molecule has 0 aromatic heterocycles. The zero-order chi connectivity index (χ0) is 15.0. The van der Waals surface area contributed by atoms with Crippen LogP contribution in [0.3, 0.4) is 0 Å². The average molecular weight is 278 g/mol. The van der Waals surface area contributed by atoms with Crippen LogP contribution < -0.4 is 15.4 Å². The lowest BCUT2D eigenvalue weighted by atomic mass is 10.1. The molecule has 2 N–H and O–H groups in total. The predicted molar refractivity (Wildman–Crippen MR) is 81.8 cm³/mol. The fraction of sp³-hybridized carbons (Fsp3) is 0.562. The minimum atomic E-state index is -0.230. The molecule has 0 saturated carbocycles. The van der Waals surface area contributed by atoms with Gasteiger partial charge in [0.1, 0.15) is 5.75 Å². The quantitative estimate of drug-likeness (QED) is 0.753. The SMILES string of the molecule is CCCNCc1cccc(OCC(=O)NC(C)(C)C)c1. The first-order valence-corrected chi connectivity index (χ1v) is 7.14. The van der Waals surface area contributed by atoms with Crippen molar-refractivity contribution >= 4 is 5.91 Å². The van der Waals surface area contributed by atoms with Gasteiger partial charge in [-0.15, -0.1) is 0 Å². The number of ether oxygens (including phenoxy) is 1. The molecular formula is C16H26N2O2. The Kier molecular flexibility index (Phi) is 6.52. The topological polar surface area (TPSA) is 50.4 Å². The first kappa shape index (κ1) is 16.5. The fourth-order valence-electron chi connectivity index (χ4n) is 1.76. The normalized spacial score (nSPS) is 11.2. The Labute approximate surface area is 121 Å². The van der Waals surface area contributed by atoms with Crippen LogP contribution in [0, 0.1) is 0 Å². The van der Waals surface area contributed by atoms with Gasteiger partial charge < -0.3 is 15.4 Å². The molecule has 1 rings (SSSR count). The average Bonchev–Trinajstić information content (AvgIpc) is 2.35. The van der Waals surface area contributed by atoms with Gasteiger partial charge in [0.2, 0.25) is 0 Å². The summed E-state index contributed by atoms with van der Waals surface area (Å²) in [6.45, 7) is 9.85. The highest BCUT2D eigenvalue weighted by Gasteiger charge is 2.13. The largest absolute Gasteiger partial charge is 0.484 e. The predicted octanol–water partition coefficient (Wildman–Crippen LogP) is 2.48. The molecule has 0 heterocycles. The molecule has 20 heavy (non-hydrogen) atoms. The van der Waals surface area contributed by atoms with Crippen LogP contribution in [0.5, 0.6) is 5.75 Å². The molecule has 1 aromatic carbocycles. The second-order valence-corrected chi connectivity index (χ2v) is 5.91. The smallest absolute Gasteiger partial charge is 0.258 e. The van der Waals surface area contributed by atoms with Crippen molar-refractivity contribution in [2.75, 3.05) is 13.2 Å². The lowest BCUT2D eigenvalue weighted by Crippen LogP contribution is -2.43. The highest BCUT2D eigenvalue weighted by atomic mass is 16.5. The van der Waals surface area contributed by atoms with Gasteiger partial charge in [-0.3, -0.25) is 4.79 Å². The maximum absolute atomic E-state index is 11.7. The van der Waals surface area contributed by atoms with Crippen molar-refractivity contribution in [3.63, 3.8) is 0 Å². The van der Waals surface area contributed by atoms with Crippen molar-refractivity contribution in [3.8, 4) is 5.75 Å². The number of carbonyl (C=O) groups excluding carboxylic acids is 1. The molecule has 0 fully saturated rings. The molecule has 4 heteroatoms. The third-order valence-corrected chi connectivity index (χ3v) is 2.54. The Morgan fingerprint density at radius 3 is 2.70 bits per heavy atom. The van der Waals surface area contributed by atoms with Gasteiger partial charge >= 0.3 is 0 Å². The molecule has 0 bridgehead atoms. The molecule has 112 valence electrons. The van der Waals surface area contributed by atoms with Crippen LogP contribution in [0.2, 0.25) is 0 Å². The van der Waals surface area contributed by atoms with Gasteiger partial charge in [0, 0.05) is 12.1 Å². The van der Waals surface area contributed by atoms with E-state index >= 15 is 0 Å². The van der Waals surface area contributed by atoms with E-state index in [0.29, 0.717) is 0 Å². The Hall–Kier alpha value is -1.55. The summed E-state index contributed by atoms with van der Waals surface area (Å²) >= 11 is 0. The van der Waals surface area contributed by atoms with E-state index < -0.39 is 0 Å². The third-order valence-electron chi connectivity index (χ3n) is 2.54. The minimum Gasteiger partial charge on any atom is -0.484 e. The van der Waals surface area contributed by atoms with E-state index in [4.69, 9.17) is 4.74 Å². The Balaban J connectivity index is 2.44. The molecule has 0 atom stereocenters. The van der Waals surface area contributed by atoms with Gasteiger partial charge in [0.15, 0.2) is 6.61 Å². The molecule has 0 radical (unpaired) electrons. The molecule has 0 aliphatic carbocycles. The first-order chi connectivity index (χ1) is 9.40. The lowest BCUT2D eigenvalue weighted by Gasteiger charge is -2.20. The molecule has 4 nitrogen and oxygen atoms in total. The Bertz CT molecular complexity index is 425.